The first-order valence-corrected chi connectivity index (χ1v) is 7.39. The van der Waals surface area contributed by atoms with Crippen LogP contribution in [0.5, 0.6) is 0 Å². The molecule has 0 aliphatic carbocycles. The molecule has 0 spiro atoms. The van der Waals surface area contributed by atoms with Gasteiger partial charge in [-0.15, -0.1) is 0 Å². The van der Waals surface area contributed by atoms with Gasteiger partial charge in [0.15, 0.2) is 0 Å². The van der Waals surface area contributed by atoms with Gasteiger partial charge >= 0.3 is 6.09 Å². The van der Waals surface area contributed by atoms with Crippen LogP contribution in [-0.4, -0.2) is 40.8 Å². The predicted octanol–water partition coefficient (Wildman–Crippen LogP) is 2.15. The maximum atomic E-state index is 12.5. The quantitative estimate of drug-likeness (QED) is 0.846. The van der Waals surface area contributed by atoms with Gasteiger partial charge in [0.2, 0.25) is 5.91 Å². The summed E-state index contributed by atoms with van der Waals surface area (Å²) in [6.07, 6.45) is 2.22. The lowest BCUT2D eigenvalue weighted by Gasteiger charge is -2.24. The Balaban J connectivity index is 2.12. The number of hydrogen-bond acceptors (Lipinski definition) is 4. The minimum atomic E-state index is -0.914. The first kappa shape index (κ1) is 16.2. The highest BCUT2D eigenvalue weighted by molar-refractivity contribution is 5.95. The fourth-order valence-corrected chi connectivity index (χ4v) is 2.50. The molecule has 1 N–H and O–H groups in total. The van der Waals surface area contributed by atoms with Gasteiger partial charge in [0.1, 0.15) is 6.61 Å². The van der Waals surface area contributed by atoms with Gasteiger partial charge in [0.25, 0.3) is 0 Å². The van der Waals surface area contributed by atoms with Crippen molar-refractivity contribution in [3.05, 3.63) is 48.0 Å². The van der Waals surface area contributed by atoms with E-state index in [9.17, 15) is 14.7 Å². The van der Waals surface area contributed by atoms with Crippen molar-refractivity contribution in [2.75, 3.05) is 6.61 Å². The molecule has 0 bridgehead atoms. The Labute approximate surface area is 130 Å². The molecule has 5 nitrogen and oxygen atoms in total. The molecule has 118 valence electrons. The van der Waals surface area contributed by atoms with Crippen LogP contribution < -0.4 is 0 Å². The third-order valence-electron chi connectivity index (χ3n) is 3.80. The lowest BCUT2D eigenvalue weighted by molar-refractivity contribution is -0.135. The van der Waals surface area contributed by atoms with Crippen molar-refractivity contribution in [3.8, 4) is 0 Å². The minimum absolute atomic E-state index is 0.186. The summed E-state index contributed by atoms with van der Waals surface area (Å²) in [7, 11) is 0. The molecule has 0 unspecified atom stereocenters. The summed E-state index contributed by atoms with van der Waals surface area (Å²) in [6.45, 7) is 3.56. The highest BCUT2D eigenvalue weighted by Crippen LogP contribution is 2.21. The molecule has 5 heteroatoms. The first-order chi connectivity index (χ1) is 10.5. The first-order valence-electron chi connectivity index (χ1n) is 7.39. The van der Waals surface area contributed by atoms with Crippen molar-refractivity contribution in [1.29, 1.82) is 0 Å². The molecule has 3 atom stereocenters. The van der Waals surface area contributed by atoms with Gasteiger partial charge in [-0.1, -0.05) is 49.4 Å². The number of benzene rings is 1. The van der Waals surface area contributed by atoms with E-state index in [1.165, 1.54) is 6.08 Å². The number of cyclic esters (lactones) is 1. The predicted molar refractivity (Wildman–Crippen MR) is 82.1 cm³/mol. The number of aliphatic hydroxyl groups excluding tert-OH is 1. The van der Waals surface area contributed by atoms with Gasteiger partial charge in [-0.25, -0.2) is 9.69 Å². The molecule has 22 heavy (non-hydrogen) atoms. The average molecular weight is 303 g/mol. The van der Waals surface area contributed by atoms with E-state index >= 15 is 0 Å². The minimum Gasteiger partial charge on any atom is -0.447 e. The molecular formula is C17H21NO4. The average Bonchev–Trinajstić information content (AvgIpc) is 2.87. The third-order valence-corrected chi connectivity index (χ3v) is 3.80. The van der Waals surface area contributed by atoms with Crippen molar-refractivity contribution in [1.82, 2.24) is 4.90 Å². The Hall–Kier alpha value is -2.14. The number of carbonyl (C=O) groups excluding carboxylic acids is 2. The summed E-state index contributed by atoms with van der Waals surface area (Å²) in [6, 6.07) is 9.31. The van der Waals surface area contributed by atoms with E-state index in [4.69, 9.17) is 4.74 Å². The van der Waals surface area contributed by atoms with E-state index in [0.717, 1.165) is 10.5 Å². The molecule has 2 rings (SSSR count). The van der Waals surface area contributed by atoms with Crippen LogP contribution in [-0.2, 0) is 16.0 Å². The lowest BCUT2D eigenvalue weighted by atomic mass is 10.0. The fourth-order valence-electron chi connectivity index (χ4n) is 2.50. The summed E-state index contributed by atoms with van der Waals surface area (Å²) in [4.78, 5) is 25.5. The lowest BCUT2D eigenvalue weighted by Crippen LogP contribution is -2.45. The molecule has 1 fully saturated rings. The largest absolute Gasteiger partial charge is 0.447 e. The van der Waals surface area contributed by atoms with E-state index in [1.807, 2.05) is 30.3 Å². The molecule has 2 amide bonds. The van der Waals surface area contributed by atoms with Gasteiger partial charge in [-0.05, 0) is 18.9 Å². The molecule has 1 heterocycles. The summed E-state index contributed by atoms with van der Waals surface area (Å²) < 4.78 is 5.03. The van der Waals surface area contributed by atoms with Crippen LogP contribution in [0.4, 0.5) is 4.79 Å². The topological polar surface area (TPSA) is 66.8 Å². The van der Waals surface area contributed by atoms with Gasteiger partial charge in [0, 0.05) is 0 Å². The van der Waals surface area contributed by atoms with Gasteiger partial charge < -0.3 is 9.84 Å². The molecular weight excluding hydrogens is 282 g/mol. The number of carbonyl (C=O) groups is 2. The fraction of sp³-hybridized carbons (Fsp3) is 0.412. The zero-order valence-electron chi connectivity index (χ0n) is 12.8. The number of imide groups is 1. The van der Waals surface area contributed by atoms with Crippen molar-refractivity contribution in [3.63, 3.8) is 0 Å². The number of aliphatic hydroxyl groups is 1. The van der Waals surface area contributed by atoms with E-state index in [2.05, 4.69) is 0 Å². The van der Waals surface area contributed by atoms with Crippen molar-refractivity contribution >= 4 is 12.0 Å². The number of hydrogen-bond donors (Lipinski definition) is 1. The second-order valence-corrected chi connectivity index (χ2v) is 5.43. The zero-order valence-corrected chi connectivity index (χ0v) is 12.8. The molecule has 1 aromatic rings. The highest BCUT2D eigenvalue weighted by atomic mass is 16.6. The highest BCUT2D eigenvalue weighted by Gasteiger charge is 2.40. The van der Waals surface area contributed by atoms with E-state index in [0.29, 0.717) is 6.42 Å². The van der Waals surface area contributed by atoms with Crippen LogP contribution >= 0.6 is 0 Å². The summed E-state index contributed by atoms with van der Waals surface area (Å²) in [5.74, 6) is -1.10. The Kier molecular flexibility index (Phi) is 5.33. The molecule has 0 aromatic heterocycles. The van der Waals surface area contributed by atoms with E-state index < -0.39 is 24.0 Å². The monoisotopic (exact) mass is 303 g/mol. The van der Waals surface area contributed by atoms with Crippen molar-refractivity contribution in [2.45, 2.75) is 32.4 Å². The number of nitrogens with zero attached hydrogens (tertiary/aromatic N) is 1. The second kappa shape index (κ2) is 7.22. The Morgan fingerprint density at radius 1 is 1.45 bits per heavy atom. The summed E-state index contributed by atoms with van der Waals surface area (Å²) in [5.41, 5.74) is 1.03. The van der Waals surface area contributed by atoms with Crippen LogP contribution in [0.2, 0.25) is 0 Å². The summed E-state index contributed by atoms with van der Waals surface area (Å²) >= 11 is 0. The number of allylic oxidation sites excluding steroid dienone is 1. The van der Waals surface area contributed by atoms with Crippen LogP contribution in [0, 0.1) is 5.92 Å². The van der Waals surface area contributed by atoms with Gasteiger partial charge in [-0.3, -0.25) is 4.79 Å². The molecule has 1 aromatic carbocycles. The SMILES string of the molecule is C/C=C/[C@@H](O)[C@H](C)C(=O)N1C(=O)OC[C@@H]1Cc1ccccc1. The molecule has 0 radical (unpaired) electrons. The standard InChI is InChI=1S/C17H21NO4/c1-3-7-15(19)12(2)16(20)18-14(11-22-17(18)21)10-13-8-5-4-6-9-13/h3-9,12,14-15,19H,10-11H2,1-2H3/b7-3+/t12-,14-,15+/m0/s1. The molecule has 1 saturated heterocycles. The maximum absolute atomic E-state index is 12.5. The third kappa shape index (κ3) is 3.54. The Morgan fingerprint density at radius 2 is 2.14 bits per heavy atom. The van der Waals surface area contributed by atoms with Crippen molar-refractivity contribution < 1.29 is 19.4 Å². The van der Waals surface area contributed by atoms with Gasteiger partial charge in [0.05, 0.1) is 18.1 Å². The Morgan fingerprint density at radius 3 is 2.77 bits per heavy atom. The zero-order chi connectivity index (χ0) is 16.1. The van der Waals surface area contributed by atoms with Crippen LogP contribution in [0.3, 0.4) is 0 Å². The van der Waals surface area contributed by atoms with E-state index in [1.54, 1.807) is 19.9 Å². The number of rotatable bonds is 5. The molecule has 0 saturated carbocycles. The van der Waals surface area contributed by atoms with Crippen LogP contribution in [0.1, 0.15) is 19.4 Å². The molecule has 1 aliphatic rings. The molecule has 1 aliphatic heterocycles. The number of amides is 2. The van der Waals surface area contributed by atoms with E-state index in [-0.39, 0.29) is 12.6 Å². The smallest absolute Gasteiger partial charge is 0.416 e. The number of ether oxygens (including phenoxy) is 1. The normalized spacial score (nSPS) is 21.0. The van der Waals surface area contributed by atoms with Crippen molar-refractivity contribution in [2.24, 2.45) is 5.92 Å². The van der Waals surface area contributed by atoms with Crippen LogP contribution in [0.25, 0.3) is 0 Å². The maximum Gasteiger partial charge on any atom is 0.416 e. The summed E-state index contributed by atoms with van der Waals surface area (Å²) in [5, 5.41) is 9.92. The van der Waals surface area contributed by atoms with Gasteiger partial charge in [-0.2, -0.15) is 0 Å². The second-order valence-electron chi connectivity index (χ2n) is 5.43. The Bertz CT molecular complexity index is 555. The van der Waals surface area contributed by atoms with Crippen LogP contribution in [0.15, 0.2) is 42.5 Å².